The molecular formula is C15H22N4O. The van der Waals surface area contributed by atoms with Crippen molar-refractivity contribution in [1.29, 1.82) is 0 Å². The van der Waals surface area contributed by atoms with Gasteiger partial charge in [0.15, 0.2) is 0 Å². The van der Waals surface area contributed by atoms with Gasteiger partial charge in [0, 0.05) is 43.2 Å². The zero-order chi connectivity index (χ0) is 14.5. The van der Waals surface area contributed by atoms with Crippen molar-refractivity contribution in [3.8, 4) is 5.88 Å². The number of aromatic nitrogens is 3. The number of ether oxygens (including phenoxy) is 1. The Morgan fingerprint density at radius 2 is 2.05 bits per heavy atom. The lowest BCUT2D eigenvalue weighted by molar-refractivity contribution is 0.229. The lowest BCUT2D eigenvalue weighted by atomic mass is 10.2. The van der Waals surface area contributed by atoms with Crippen molar-refractivity contribution in [2.75, 3.05) is 0 Å². The van der Waals surface area contributed by atoms with E-state index in [0.29, 0.717) is 5.88 Å². The van der Waals surface area contributed by atoms with E-state index in [1.54, 1.807) is 6.20 Å². The molecule has 0 bridgehead atoms. The first-order valence-electron chi connectivity index (χ1n) is 6.86. The molecule has 0 spiro atoms. The second kappa shape index (κ2) is 6.52. The minimum atomic E-state index is 0.129. The van der Waals surface area contributed by atoms with Crippen LogP contribution in [0, 0.1) is 6.92 Å². The number of pyridine rings is 1. The van der Waals surface area contributed by atoms with Crippen LogP contribution in [-0.2, 0) is 20.1 Å². The Bertz CT molecular complexity index is 563. The van der Waals surface area contributed by atoms with Gasteiger partial charge in [-0.3, -0.25) is 4.68 Å². The first kappa shape index (κ1) is 14.5. The second-order valence-electron chi connectivity index (χ2n) is 5.12. The Kier molecular flexibility index (Phi) is 4.74. The van der Waals surface area contributed by atoms with Crippen LogP contribution in [0.1, 0.15) is 30.7 Å². The van der Waals surface area contributed by atoms with Crippen LogP contribution in [-0.4, -0.2) is 20.9 Å². The fourth-order valence-electron chi connectivity index (χ4n) is 1.94. The number of aryl methyl sites for hydroxylation is 1. The Morgan fingerprint density at radius 1 is 1.30 bits per heavy atom. The second-order valence-corrected chi connectivity index (χ2v) is 5.12. The standard InChI is InChI=1S/C15H22N4O/c1-11(2)20-15-13(6-5-7-17-15)8-16-9-14-10-18-19(4)12(14)3/h5-7,10-11,16H,8-9H2,1-4H3. The summed E-state index contributed by atoms with van der Waals surface area (Å²) in [6.07, 6.45) is 3.79. The Labute approximate surface area is 120 Å². The number of nitrogens with one attached hydrogen (secondary N) is 1. The molecule has 2 aromatic rings. The molecule has 1 N–H and O–H groups in total. The van der Waals surface area contributed by atoms with Crippen molar-refractivity contribution in [2.45, 2.75) is 40.0 Å². The number of nitrogens with zero attached hydrogens (tertiary/aromatic N) is 3. The highest BCUT2D eigenvalue weighted by atomic mass is 16.5. The summed E-state index contributed by atoms with van der Waals surface area (Å²) in [6.45, 7) is 7.59. The molecule has 20 heavy (non-hydrogen) atoms. The third kappa shape index (κ3) is 3.57. The summed E-state index contributed by atoms with van der Waals surface area (Å²) in [6, 6.07) is 3.97. The predicted molar refractivity (Wildman–Crippen MR) is 78.5 cm³/mol. The van der Waals surface area contributed by atoms with Crippen LogP contribution >= 0.6 is 0 Å². The van der Waals surface area contributed by atoms with E-state index in [-0.39, 0.29) is 6.10 Å². The quantitative estimate of drug-likeness (QED) is 0.877. The molecule has 2 rings (SSSR count). The third-order valence-electron chi connectivity index (χ3n) is 3.17. The number of rotatable bonds is 6. The lowest BCUT2D eigenvalue weighted by Crippen LogP contribution is -2.16. The minimum absolute atomic E-state index is 0.129. The highest BCUT2D eigenvalue weighted by Crippen LogP contribution is 2.16. The Balaban J connectivity index is 1.95. The summed E-state index contributed by atoms with van der Waals surface area (Å²) in [5.74, 6) is 0.706. The van der Waals surface area contributed by atoms with Crippen LogP contribution in [0.3, 0.4) is 0 Å². The molecule has 0 radical (unpaired) electrons. The summed E-state index contributed by atoms with van der Waals surface area (Å²) < 4.78 is 7.59. The molecule has 0 saturated heterocycles. The van der Waals surface area contributed by atoms with Crippen molar-refractivity contribution >= 4 is 0 Å². The van der Waals surface area contributed by atoms with Gasteiger partial charge in [-0.1, -0.05) is 6.07 Å². The van der Waals surface area contributed by atoms with Crippen molar-refractivity contribution in [2.24, 2.45) is 7.05 Å². The molecule has 0 saturated carbocycles. The first-order valence-corrected chi connectivity index (χ1v) is 6.86. The van der Waals surface area contributed by atoms with Gasteiger partial charge in [0.05, 0.1) is 12.3 Å². The molecule has 2 heterocycles. The van der Waals surface area contributed by atoms with Gasteiger partial charge in [-0.25, -0.2) is 4.98 Å². The molecule has 0 atom stereocenters. The van der Waals surface area contributed by atoms with Crippen molar-refractivity contribution in [1.82, 2.24) is 20.1 Å². The van der Waals surface area contributed by atoms with E-state index in [2.05, 4.69) is 22.3 Å². The largest absolute Gasteiger partial charge is 0.475 e. The maximum Gasteiger partial charge on any atom is 0.218 e. The summed E-state index contributed by atoms with van der Waals surface area (Å²) in [5, 5.41) is 7.65. The zero-order valence-corrected chi connectivity index (χ0v) is 12.6. The van der Waals surface area contributed by atoms with E-state index in [4.69, 9.17) is 4.74 Å². The molecule has 0 fully saturated rings. The third-order valence-corrected chi connectivity index (χ3v) is 3.17. The molecule has 0 amide bonds. The maximum atomic E-state index is 5.71. The van der Waals surface area contributed by atoms with Crippen LogP contribution in [0.2, 0.25) is 0 Å². The van der Waals surface area contributed by atoms with Gasteiger partial charge in [0.25, 0.3) is 0 Å². The summed E-state index contributed by atoms with van der Waals surface area (Å²) in [5.41, 5.74) is 3.47. The van der Waals surface area contributed by atoms with Gasteiger partial charge in [0.1, 0.15) is 0 Å². The van der Waals surface area contributed by atoms with E-state index in [0.717, 1.165) is 18.7 Å². The predicted octanol–water partition coefficient (Wildman–Crippen LogP) is 2.20. The van der Waals surface area contributed by atoms with E-state index in [1.165, 1.54) is 11.3 Å². The van der Waals surface area contributed by atoms with Crippen LogP contribution in [0.25, 0.3) is 0 Å². The van der Waals surface area contributed by atoms with Gasteiger partial charge in [-0.2, -0.15) is 5.10 Å². The molecule has 5 heteroatoms. The van der Waals surface area contributed by atoms with Gasteiger partial charge < -0.3 is 10.1 Å². The van der Waals surface area contributed by atoms with Gasteiger partial charge in [0.2, 0.25) is 5.88 Å². The monoisotopic (exact) mass is 274 g/mol. The van der Waals surface area contributed by atoms with Crippen LogP contribution in [0.4, 0.5) is 0 Å². The van der Waals surface area contributed by atoms with E-state index < -0.39 is 0 Å². The minimum Gasteiger partial charge on any atom is -0.475 e. The molecule has 0 aliphatic rings. The molecule has 0 aliphatic carbocycles. The van der Waals surface area contributed by atoms with E-state index in [1.807, 2.05) is 43.9 Å². The average Bonchev–Trinajstić information content (AvgIpc) is 2.72. The molecule has 0 aromatic carbocycles. The number of hydrogen-bond donors (Lipinski definition) is 1. The van der Waals surface area contributed by atoms with Crippen LogP contribution < -0.4 is 10.1 Å². The highest BCUT2D eigenvalue weighted by Gasteiger charge is 2.07. The smallest absolute Gasteiger partial charge is 0.218 e. The van der Waals surface area contributed by atoms with Crippen molar-refractivity contribution < 1.29 is 4.74 Å². The van der Waals surface area contributed by atoms with Gasteiger partial charge in [-0.15, -0.1) is 0 Å². The average molecular weight is 274 g/mol. The molecule has 5 nitrogen and oxygen atoms in total. The fourth-order valence-corrected chi connectivity index (χ4v) is 1.94. The molecule has 0 aliphatic heterocycles. The van der Waals surface area contributed by atoms with Gasteiger partial charge >= 0.3 is 0 Å². The van der Waals surface area contributed by atoms with Crippen LogP contribution in [0.5, 0.6) is 5.88 Å². The van der Waals surface area contributed by atoms with Crippen molar-refractivity contribution in [3.05, 3.63) is 41.3 Å². The molecular weight excluding hydrogens is 252 g/mol. The Morgan fingerprint density at radius 3 is 2.70 bits per heavy atom. The summed E-state index contributed by atoms with van der Waals surface area (Å²) in [4.78, 5) is 4.29. The number of hydrogen-bond acceptors (Lipinski definition) is 4. The maximum absolute atomic E-state index is 5.71. The summed E-state index contributed by atoms with van der Waals surface area (Å²) >= 11 is 0. The topological polar surface area (TPSA) is 52.0 Å². The first-order chi connectivity index (χ1) is 9.58. The lowest BCUT2D eigenvalue weighted by Gasteiger charge is -2.13. The molecule has 0 unspecified atom stereocenters. The van der Waals surface area contributed by atoms with E-state index >= 15 is 0 Å². The Hall–Kier alpha value is -1.88. The highest BCUT2D eigenvalue weighted by molar-refractivity contribution is 5.25. The van der Waals surface area contributed by atoms with Crippen molar-refractivity contribution in [3.63, 3.8) is 0 Å². The normalized spacial score (nSPS) is 11.1. The zero-order valence-electron chi connectivity index (χ0n) is 12.6. The van der Waals surface area contributed by atoms with E-state index in [9.17, 15) is 0 Å². The molecule has 2 aromatic heterocycles. The van der Waals surface area contributed by atoms with Gasteiger partial charge in [-0.05, 0) is 26.8 Å². The SMILES string of the molecule is Cc1c(CNCc2cccnc2OC(C)C)cnn1C. The molecule has 108 valence electrons. The fraction of sp³-hybridized carbons (Fsp3) is 0.467. The summed E-state index contributed by atoms with van der Waals surface area (Å²) in [7, 11) is 1.95. The van der Waals surface area contributed by atoms with Crippen LogP contribution in [0.15, 0.2) is 24.5 Å².